The normalized spacial score (nSPS) is 27.8. The van der Waals surface area contributed by atoms with Gasteiger partial charge in [-0.05, 0) is 61.5 Å². The van der Waals surface area contributed by atoms with Crippen LogP contribution in [0.1, 0.15) is 38.7 Å². The van der Waals surface area contributed by atoms with Crippen LogP contribution in [0.15, 0.2) is 16.8 Å². The fourth-order valence-corrected chi connectivity index (χ4v) is 3.51. The summed E-state index contributed by atoms with van der Waals surface area (Å²) in [6, 6.07) is 2.25. The molecule has 1 aromatic rings. The van der Waals surface area contributed by atoms with Gasteiger partial charge in [0, 0.05) is 18.6 Å². The molecule has 0 saturated carbocycles. The predicted molar refractivity (Wildman–Crippen MR) is 78.3 cm³/mol. The van der Waals surface area contributed by atoms with Crippen LogP contribution in [0.3, 0.4) is 0 Å². The van der Waals surface area contributed by atoms with Crippen molar-refractivity contribution in [2.75, 3.05) is 19.7 Å². The Balaban J connectivity index is 1.92. The maximum Gasteiger partial charge on any atom is 0.0616 e. The largest absolute Gasteiger partial charge is 0.378 e. The summed E-state index contributed by atoms with van der Waals surface area (Å²) in [7, 11) is 0. The number of ether oxygens (including phenoxy) is 1. The van der Waals surface area contributed by atoms with Gasteiger partial charge in [0.25, 0.3) is 0 Å². The van der Waals surface area contributed by atoms with E-state index < -0.39 is 0 Å². The van der Waals surface area contributed by atoms with E-state index in [1.165, 1.54) is 31.2 Å². The standard InChI is InChI=1S/C15H25NOS/c1-3-8-16-12-15(7-9-17-13(15)2)6-4-14-5-10-18-11-14/h5,10-11,13,16H,3-4,6-9,12H2,1-2H3. The SMILES string of the molecule is CCCNCC1(CCc2ccsc2)CCOC1C. The van der Waals surface area contributed by atoms with Crippen molar-refractivity contribution in [1.29, 1.82) is 0 Å². The molecule has 3 heteroatoms. The predicted octanol–water partition coefficient (Wildman–Crippen LogP) is 3.48. The molecule has 0 aromatic carbocycles. The zero-order chi connectivity index (χ0) is 12.8. The van der Waals surface area contributed by atoms with Crippen LogP contribution in [0.25, 0.3) is 0 Å². The first-order chi connectivity index (χ1) is 8.77. The van der Waals surface area contributed by atoms with Crippen LogP contribution in [0.2, 0.25) is 0 Å². The molecule has 0 spiro atoms. The fraction of sp³-hybridized carbons (Fsp3) is 0.733. The molecule has 0 aliphatic carbocycles. The van der Waals surface area contributed by atoms with Gasteiger partial charge in [-0.25, -0.2) is 0 Å². The van der Waals surface area contributed by atoms with Crippen molar-refractivity contribution in [1.82, 2.24) is 5.32 Å². The van der Waals surface area contributed by atoms with Crippen LogP contribution in [0, 0.1) is 5.41 Å². The maximum atomic E-state index is 5.83. The summed E-state index contributed by atoms with van der Waals surface area (Å²) in [4.78, 5) is 0. The third-order valence-electron chi connectivity index (χ3n) is 4.23. The quantitative estimate of drug-likeness (QED) is 0.764. The van der Waals surface area contributed by atoms with Crippen LogP contribution in [-0.2, 0) is 11.2 Å². The van der Waals surface area contributed by atoms with Gasteiger partial charge in [-0.1, -0.05) is 6.92 Å². The number of hydrogen-bond donors (Lipinski definition) is 1. The average molecular weight is 267 g/mol. The summed E-state index contributed by atoms with van der Waals surface area (Å²) < 4.78 is 5.83. The molecule has 2 atom stereocenters. The van der Waals surface area contributed by atoms with Crippen molar-refractivity contribution in [3.63, 3.8) is 0 Å². The summed E-state index contributed by atoms with van der Waals surface area (Å²) in [5.74, 6) is 0. The molecular weight excluding hydrogens is 242 g/mol. The van der Waals surface area contributed by atoms with E-state index in [4.69, 9.17) is 4.74 Å². The molecule has 2 rings (SSSR count). The lowest BCUT2D eigenvalue weighted by Gasteiger charge is -2.32. The fourth-order valence-electron chi connectivity index (χ4n) is 2.81. The first-order valence-corrected chi connectivity index (χ1v) is 8.04. The van der Waals surface area contributed by atoms with Gasteiger partial charge in [0.05, 0.1) is 6.10 Å². The molecule has 1 aromatic heterocycles. The molecule has 0 bridgehead atoms. The van der Waals surface area contributed by atoms with E-state index in [2.05, 4.69) is 36.0 Å². The molecule has 1 aliphatic rings. The summed E-state index contributed by atoms with van der Waals surface area (Å²) >= 11 is 1.80. The van der Waals surface area contributed by atoms with E-state index in [0.717, 1.165) is 19.7 Å². The Bertz CT molecular complexity index is 338. The Hall–Kier alpha value is -0.380. The number of hydrogen-bond acceptors (Lipinski definition) is 3. The summed E-state index contributed by atoms with van der Waals surface area (Å²) in [6.45, 7) is 7.62. The second-order valence-electron chi connectivity index (χ2n) is 5.43. The zero-order valence-corrected chi connectivity index (χ0v) is 12.4. The molecule has 0 radical (unpaired) electrons. The number of rotatable bonds is 7. The van der Waals surface area contributed by atoms with Gasteiger partial charge < -0.3 is 10.1 Å². The average Bonchev–Trinajstić information content (AvgIpc) is 2.99. The maximum absolute atomic E-state index is 5.83. The van der Waals surface area contributed by atoms with E-state index in [-0.39, 0.29) is 0 Å². The van der Waals surface area contributed by atoms with Gasteiger partial charge in [0.15, 0.2) is 0 Å². The van der Waals surface area contributed by atoms with Gasteiger partial charge in [0.1, 0.15) is 0 Å². The van der Waals surface area contributed by atoms with Gasteiger partial charge >= 0.3 is 0 Å². The first-order valence-electron chi connectivity index (χ1n) is 7.10. The van der Waals surface area contributed by atoms with Gasteiger partial charge in [-0.3, -0.25) is 0 Å². The Labute approximate surface area is 115 Å². The van der Waals surface area contributed by atoms with E-state index in [1.54, 1.807) is 11.3 Å². The number of thiophene rings is 1. The Morgan fingerprint density at radius 3 is 3.06 bits per heavy atom. The van der Waals surface area contributed by atoms with Crippen LogP contribution < -0.4 is 5.32 Å². The lowest BCUT2D eigenvalue weighted by Crippen LogP contribution is -2.40. The molecule has 1 saturated heterocycles. The topological polar surface area (TPSA) is 21.3 Å². The molecule has 0 amide bonds. The van der Waals surface area contributed by atoms with Crippen LogP contribution in [0.4, 0.5) is 0 Å². The van der Waals surface area contributed by atoms with Crippen molar-refractivity contribution >= 4 is 11.3 Å². The van der Waals surface area contributed by atoms with Gasteiger partial charge in [-0.15, -0.1) is 0 Å². The molecule has 2 heterocycles. The van der Waals surface area contributed by atoms with Crippen molar-refractivity contribution in [3.8, 4) is 0 Å². The molecular formula is C15H25NOS. The number of aryl methyl sites for hydroxylation is 1. The zero-order valence-electron chi connectivity index (χ0n) is 11.6. The monoisotopic (exact) mass is 267 g/mol. The van der Waals surface area contributed by atoms with E-state index >= 15 is 0 Å². The van der Waals surface area contributed by atoms with E-state index in [1.807, 2.05) is 0 Å². The van der Waals surface area contributed by atoms with E-state index in [9.17, 15) is 0 Å². The van der Waals surface area contributed by atoms with Crippen LogP contribution >= 0.6 is 11.3 Å². The Kier molecular flexibility index (Phi) is 5.22. The summed E-state index contributed by atoms with van der Waals surface area (Å²) in [5, 5.41) is 8.04. The van der Waals surface area contributed by atoms with Crippen LogP contribution in [-0.4, -0.2) is 25.8 Å². The van der Waals surface area contributed by atoms with Crippen molar-refractivity contribution in [2.45, 2.75) is 45.6 Å². The van der Waals surface area contributed by atoms with Gasteiger partial charge in [0.2, 0.25) is 0 Å². The lowest BCUT2D eigenvalue weighted by molar-refractivity contribution is 0.0587. The van der Waals surface area contributed by atoms with Crippen molar-refractivity contribution in [2.24, 2.45) is 5.41 Å². The van der Waals surface area contributed by atoms with Gasteiger partial charge in [-0.2, -0.15) is 11.3 Å². The smallest absolute Gasteiger partial charge is 0.0616 e. The molecule has 102 valence electrons. The van der Waals surface area contributed by atoms with Crippen molar-refractivity contribution < 1.29 is 4.74 Å². The summed E-state index contributed by atoms with van der Waals surface area (Å²) in [5.41, 5.74) is 1.82. The van der Waals surface area contributed by atoms with E-state index in [0.29, 0.717) is 11.5 Å². The highest BCUT2D eigenvalue weighted by Crippen LogP contribution is 2.38. The minimum Gasteiger partial charge on any atom is -0.378 e. The third kappa shape index (κ3) is 3.34. The molecule has 1 aliphatic heterocycles. The van der Waals surface area contributed by atoms with Crippen LogP contribution in [0.5, 0.6) is 0 Å². The molecule has 18 heavy (non-hydrogen) atoms. The minimum atomic E-state index is 0.344. The number of nitrogens with one attached hydrogen (secondary N) is 1. The Morgan fingerprint density at radius 1 is 1.56 bits per heavy atom. The molecule has 1 fully saturated rings. The third-order valence-corrected chi connectivity index (χ3v) is 4.96. The first kappa shape index (κ1) is 14.0. The Morgan fingerprint density at radius 2 is 2.44 bits per heavy atom. The highest BCUT2D eigenvalue weighted by Gasteiger charge is 2.40. The second-order valence-corrected chi connectivity index (χ2v) is 6.21. The highest BCUT2D eigenvalue weighted by atomic mass is 32.1. The highest BCUT2D eigenvalue weighted by molar-refractivity contribution is 7.07. The molecule has 2 nitrogen and oxygen atoms in total. The molecule has 1 N–H and O–H groups in total. The molecule has 2 unspecified atom stereocenters. The second kappa shape index (κ2) is 6.69. The van der Waals surface area contributed by atoms with Crippen molar-refractivity contribution in [3.05, 3.63) is 22.4 Å². The minimum absolute atomic E-state index is 0.344. The summed E-state index contributed by atoms with van der Waals surface area (Å²) in [6.07, 6.45) is 5.22. The lowest BCUT2D eigenvalue weighted by atomic mass is 9.76.